The zero-order valence-electron chi connectivity index (χ0n) is 13.8. The number of rotatable bonds is 8. The molecule has 3 atom stereocenters. The number of nitrogens with zero attached hydrogens (tertiary/aromatic N) is 1. The predicted octanol–water partition coefficient (Wildman–Crippen LogP) is 2.92. The summed E-state index contributed by atoms with van der Waals surface area (Å²) in [5, 5.41) is 13.3. The van der Waals surface area contributed by atoms with E-state index >= 15 is 0 Å². The van der Waals surface area contributed by atoms with E-state index in [0.717, 1.165) is 18.4 Å². The lowest BCUT2D eigenvalue weighted by molar-refractivity contribution is 0.153. The van der Waals surface area contributed by atoms with Crippen LogP contribution in [0.25, 0.3) is 0 Å². The molecule has 2 N–H and O–H groups in total. The first-order valence-electron chi connectivity index (χ1n) is 9.33. The molecule has 21 heavy (non-hydrogen) atoms. The van der Waals surface area contributed by atoms with Crippen LogP contribution in [0.2, 0.25) is 0 Å². The van der Waals surface area contributed by atoms with Crippen LogP contribution in [0.15, 0.2) is 0 Å². The third-order valence-corrected chi connectivity index (χ3v) is 6.03. The molecule has 3 unspecified atom stereocenters. The van der Waals surface area contributed by atoms with Gasteiger partial charge in [-0.05, 0) is 70.9 Å². The van der Waals surface area contributed by atoms with E-state index in [1.54, 1.807) is 0 Å². The van der Waals surface area contributed by atoms with E-state index in [1.165, 1.54) is 70.9 Å². The second kappa shape index (κ2) is 6.97. The Balaban J connectivity index is 1.35. The Bertz CT molecular complexity index is 331. The first kappa shape index (κ1) is 15.8. The Morgan fingerprint density at radius 2 is 1.90 bits per heavy atom. The van der Waals surface area contributed by atoms with Crippen molar-refractivity contribution in [2.75, 3.05) is 19.7 Å². The maximum atomic E-state index is 9.65. The quantitative estimate of drug-likeness (QED) is 0.676. The summed E-state index contributed by atoms with van der Waals surface area (Å²) in [4.78, 5) is 2.77. The molecule has 0 amide bonds. The van der Waals surface area contributed by atoms with E-state index in [0.29, 0.717) is 6.04 Å². The molecule has 2 saturated carbocycles. The summed E-state index contributed by atoms with van der Waals surface area (Å²) in [6.07, 6.45) is 13.5. The molecule has 3 nitrogen and oxygen atoms in total. The number of hydrogen-bond donors (Lipinski definition) is 2. The van der Waals surface area contributed by atoms with Crippen molar-refractivity contribution in [1.29, 1.82) is 0 Å². The fourth-order valence-electron chi connectivity index (χ4n) is 4.53. The number of aliphatic hydroxyl groups excluding tert-OH is 1. The molecular formula is C18H34N2O. The molecule has 0 aromatic heterocycles. The highest BCUT2D eigenvalue weighted by atomic mass is 16.3. The van der Waals surface area contributed by atoms with Crippen LogP contribution < -0.4 is 5.32 Å². The maximum absolute atomic E-state index is 9.65. The van der Waals surface area contributed by atoms with Gasteiger partial charge in [0.25, 0.3) is 0 Å². The van der Waals surface area contributed by atoms with Crippen molar-refractivity contribution in [2.24, 2.45) is 5.92 Å². The highest BCUT2D eigenvalue weighted by Gasteiger charge is 2.35. The summed E-state index contributed by atoms with van der Waals surface area (Å²) in [5.74, 6) is 1.01. The van der Waals surface area contributed by atoms with Crippen LogP contribution in [0, 0.1) is 5.92 Å². The Morgan fingerprint density at radius 1 is 1.10 bits per heavy atom. The van der Waals surface area contributed by atoms with Gasteiger partial charge in [-0.2, -0.15) is 0 Å². The van der Waals surface area contributed by atoms with Crippen molar-refractivity contribution in [2.45, 2.75) is 88.8 Å². The van der Waals surface area contributed by atoms with Crippen LogP contribution in [-0.4, -0.2) is 47.3 Å². The van der Waals surface area contributed by atoms with Crippen LogP contribution in [0.4, 0.5) is 0 Å². The van der Waals surface area contributed by atoms with Gasteiger partial charge in [0.05, 0.1) is 6.61 Å². The normalized spacial score (nSPS) is 32.9. The standard InChI is InChI=1S/C18H34N2O/c1-18(14-21,19-16-8-9-16)11-4-5-12-20-13-10-15-6-2-3-7-17(15)20/h15-17,19,21H,2-14H2,1H3. The number of fused-ring (bicyclic) bond motifs is 1. The fraction of sp³-hybridized carbons (Fsp3) is 1.00. The lowest BCUT2D eigenvalue weighted by Crippen LogP contribution is -2.47. The topological polar surface area (TPSA) is 35.5 Å². The minimum Gasteiger partial charge on any atom is -0.394 e. The molecule has 3 rings (SSSR count). The molecule has 0 radical (unpaired) electrons. The van der Waals surface area contributed by atoms with Crippen molar-refractivity contribution in [3.63, 3.8) is 0 Å². The van der Waals surface area contributed by atoms with E-state index in [1.807, 2.05) is 0 Å². The summed E-state index contributed by atoms with van der Waals surface area (Å²) in [5.41, 5.74) is -0.0421. The van der Waals surface area contributed by atoms with Crippen molar-refractivity contribution in [3.05, 3.63) is 0 Å². The summed E-state index contributed by atoms with van der Waals surface area (Å²) in [7, 11) is 0. The van der Waals surface area contributed by atoms with E-state index in [2.05, 4.69) is 17.1 Å². The smallest absolute Gasteiger partial charge is 0.0610 e. The van der Waals surface area contributed by atoms with E-state index < -0.39 is 0 Å². The van der Waals surface area contributed by atoms with Crippen molar-refractivity contribution < 1.29 is 5.11 Å². The van der Waals surface area contributed by atoms with Crippen LogP contribution in [0.5, 0.6) is 0 Å². The second-order valence-electron chi connectivity index (χ2n) is 8.03. The molecule has 3 heteroatoms. The van der Waals surface area contributed by atoms with Crippen LogP contribution in [0.3, 0.4) is 0 Å². The maximum Gasteiger partial charge on any atom is 0.0610 e. The van der Waals surface area contributed by atoms with Crippen LogP contribution in [-0.2, 0) is 0 Å². The van der Waals surface area contributed by atoms with Gasteiger partial charge in [-0.15, -0.1) is 0 Å². The Labute approximate surface area is 130 Å². The number of aliphatic hydroxyl groups is 1. The van der Waals surface area contributed by atoms with Gasteiger partial charge in [-0.25, -0.2) is 0 Å². The Morgan fingerprint density at radius 3 is 2.67 bits per heavy atom. The van der Waals surface area contributed by atoms with Gasteiger partial charge in [-0.1, -0.05) is 19.3 Å². The second-order valence-corrected chi connectivity index (χ2v) is 8.03. The SMILES string of the molecule is CC(CO)(CCCCN1CCC2CCCCC21)NC1CC1. The molecule has 3 fully saturated rings. The van der Waals surface area contributed by atoms with Gasteiger partial charge >= 0.3 is 0 Å². The van der Waals surface area contributed by atoms with Gasteiger partial charge in [0.2, 0.25) is 0 Å². The molecule has 3 aliphatic rings. The first-order valence-corrected chi connectivity index (χ1v) is 9.33. The first-order chi connectivity index (χ1) is 10.2. The number of likely N-dealkylation sites (tertiary alicyclic amines) is 1. The van der Waals surface area contributed by atoms with Gasteiger partial charge < -0.3 is 15.3 Å². The zero-order valence-corrected chi connectivity index (χ0v) is 13.8. The average Bonchev–Trinajstić information content (AvgIpc) is 3.21. The molecule has 0 spiro atoms. The van der Waals surface area contributed by atoms with Crippen LogP contribution in [0.1, 0.15) is 71.1 Å². The Kier molecular flexibility index (Phi) is 5.23. The van der Waals surface area contributed by atoms with Crippen LogP contribution >= 0.6 is 0 Å². The molecule has 0 bridgehead atoms. The largest absolute Gasteiger partial charge is 0.394 e. The highest BCUT2D eigenvalue weighted by molar-refractivity contribution is 4.93. The number of unbranched alkanes of at least 4 members (excludes halogenated alkanes) is 1. The predicted molar refractivity (Wildman–Crippen MR) is 87.4 cm³/mol. The molecule has 1 heterocycles. The molecule has 2 aliphatic carbocycles. The monoisotopic (exact) mass is 294 g/mol. The lowest BCUT2D eigenvalue weighted by Gasteiger charge is -2.32. The summed E-state index contributed by atoms with van der Waals surface area (Å²) in [6, 6.07) is 1.59. The third-order valence-electron chi connectivity index (χ3n) is 6.03. The van der Waals surface area contributed by atoms with E-state index in [4.69, 9.17) is 0 Å². The molecule has 1 aliphatic heterocycles. The molecule has 0 aromatic carbocycles. The summed E-state index contributed by atoms with van der Waals surface area (Å²) >= 11 is 0. The van der Waals surface area contributed by atoms with E-state index in [9.17, 15) is 5.11 Å². The van der Waals surface area contributed by atoms with Gasteiger partial charge in [0, 0.05) is 17.6 Å². The average molecular weight is 294 g/mol. The minimum absolute atomic E-state index is 0.0421. The highest BCUT2D eigenvalue weighted by Crippen LogP contribution is 2.36. The van der Waals surface area contributed by atoms with Gasteiger partial charge in [0.1, 0.15) is 0 Å². The number of nitrogens with one attached hydrogen (secondary N) is 1. The minimum atomic E-state index is -0.0421. The fourth-order valence-corrected chi connectivity index (χ4v) is 4.53. The molecule has 0 aromatic rings. The summed E-state index contributed by atoms with van der Waals surface area (Å²) < 4.78 is 0. The van der Waals surface area contributed by atoms with E-state index in [-0.39, 0.29) is 12.1 Å². The molecule has 1 saturated heterocycles. The molecule has 122 valence electrons. The van der Waals surface area contributed by atoms with Gasteiger partial charge in [0.15, 0.2) is 0 Å². The zero-order chi connectivity index (χ0) is 14.7. The van der Waals surface area contributed by atoms with Crippen molar-refractivity contribution in [1.82, 2.24) is 10.2 Å². The van der Waals surface area contributed by atoms with Crippen molar-refractivity contribution >= 4 is 0 Å². The third kappa shape index (κ3) is 4.20. The Hall–Kier alpha value is -0.120. The number of hydrogen-bond acceptors (Lipinski definition) is 3. The summed E-state index contributed by atoms with van der Waals surface area (Å²) in [6.45, 7) is 5.09. The molecular weight excluding hydrogens is 260 g/mol. The van der Waals surface area contributed by atoms with Crippen molar-refractivity contribution in [3.8, 4) is 0 Å². The lowest BCUT2D eigenvalue weighted by atomic mass is 9.85. The van der Waals surface area contributed by atoms with Gasteiger partial charge in [-0.3, -0.25) is 0 Å².